The van der Waals surface area contributed by atoms with E-state index in [-0.39, 0.29) is 0 Å². The summed E-state index contributed by atoms with van der Waals surface area (Å²) in [5.41, 5.74) is 4.36. The average molecular weight is 313 g/mol. The number of esters is 1. The van der Waals surface area contributed by atoms with Gasteiger partial charge in [-0.15, -0.1) is 0 Å². The van der Waals surface area contributed by atoms with Crippen molar-refractivity contribution in [2.75, 3.05) is 19.5 Å². The highest BCUT2D eigenvalue weighted by molar-refractivity contribution is 5.98. The van der Waals surface area contributed by atoms with Crippen LogP contribution >= 0.6 is 0 Å². The number of carbonyl (C=O) groups excluding carboxylic acids is 1. The molecule has 5 nitrogen and oxygen atoms in total. The van der Waals surface area contributed by atoms with Gasteiger partial charge in [0.25, 0.3) is 0 Å². The second-order valence-corrected chi connectivity index (χ2v) is 5.51. The summed E-state index contributed by atoms with van der Waals surface area (Å²) >= 11 is 0. The van der Waals surface area contributed by atoms with E-state index in [0.717, 1.165) is 16.8 Å². The highest BCUT2D eigenvalue weighted by Gasteiger charge is 2.36. The molecule has 1 heterocycles. The van der Waals surface area contributed by atoms with Gasteiger partial charge in [-0.2, -0.15) is 0 Å². The minimum Gasteiger partial charge on any atom is -0.493 e. The predicted molar refractivity (Wildman–Crippen MR) is 87.2 cm³/mol. The molecule has 0 saturated carbocycles. The molecule has 0 saturated heterocycles. The number of benzene rings is 2. The molecule has 0 aromatic heterocycles. The highest BCUT2D eigenvalue weighted by atomic mass is 16.6. The second-order valence-electron chi connectivity index (χ2n) is 5.51. The van der Waals surface area contributed by atoms with Crippen LogP contribution in [0.25, 0.3) is 0 Å². The fourth-order valence-corrected chi connectivity index (χ4v) is 2.82. The number of fused-ring (bicyclic) bond motifs is 1. The Morgan fingerprint density at radius 1 is 1.09 bits per heavy atom. The molecule has 0 amide bonds. The van der Waals surface area contributed by atoms with Crippen LogP contribution in [0.5, 0.6) is 11.5 Å². The molecule has 0 fully saturated rings. The van der Waals surface area contributed by atoms with Gasteiger partial charge in [-0.25, -0.2) is 4.79 Å². The van der Waals surface area contributed by atoms with Crippen LogP contribution in [0, 0.1) is 13.8 Å². The Morgan fingerprint density at radius 3 is 2.52 bits per heavy atom. The summed E-state index contributed by atoms with van der Waals surface area (Å²) in [7, 11) is 3.05. The van der Waals surface area contributed by atoms with Crippen LogP contribution in [-0.4, -0.2) is 20.2 Å². The highest BCUT2D eigenvalue weighted by Crippen LogP contribution is 2.42. The first kappa shape index (κ1) is 15.2. The third kappa shape index (κ3) is 2.59. The van der Waals surface area contributed by atoms with Crippen molar-refractivity contribution in [3.8, 4) is 11.5 Å². The van der Waals surface area contributed by atoms with Gasteiger partial charge in [-0.1, -0.05) is 17.7 Å². The number of carbonyl (C=O) groups is 1. The summed E-state index contributed by atoms with van der Waals surface area (Å²) < 4.78 is 16.1. The van der Waals surface area contributed by atoms with Crippen molar-refractivity contribution in [1.29, 1.82) is 0 Å². The average Bonchev–Trinajstić information content (AvgIpc) is 2.85. The van der Waals surface area contributed by atoms with Crippen molar-refractivity contribution in [3.63, 3.8) is 0 Å². The lowest BCUT2D eigenvalue weighted by molar-refractivity contribution is 0.0435. The number of anilines is 1. The largest absolute Gasteiger partial charge is 0.493 e. The molecule has 1 aliphatic heterocycles. The SMILES string of the molecule is COc1ccc2c(c1OC)C(=O)OC2Nc1ccc(C)cc1C. The van der Waals surface area contributed by atoms with Crippen molar-refractivity contribution in [3.05, 3.63) is 52.6 Å². The van der Waals surface area contributed by atoms with E-state index in [1.807, 2.05) is 32.0 Å². The minimum absolute atomic E-state index is 0.403. The van der Waals surface area contributed by atoms with Crippen LogP contribution < -0.4 is 14.8 Å². The molecular weight excluding hydrogens is 294 g/mol. The zero-order chi connectivity index (χ0) is 16.6. The third-order valence-electron chi connectivity index (χ3n) is 3.96. The van der Waals surface area contributed by atoms with Crippen molar-refractivity contribution in [2.45, 2.75) is 20.1 Å². The van der Waals surface area contributed by atoms with Gasteiger partial charge in [-0.3, -0.25) is 0 Å². The van der Waals surface area contributed by atoms with E-state index >= 15 is 0 Å². The molecule has 0 bridgehead atoms. The number of nitrogens with one attached hydrogen (secondary N) is 1. The summed E-state index contributed by atoms with van der Waals surface area (Å²) in [6.07, 6.45) is -0.543. The van der Waals surface area contributed by atoms with Crippen LogP contribution in [-0.2, 0) is 4.74 Å². The van der Waals surface area contributed by atoms with Gasteiger partial charge >= 0.3 is 5.97 Å². The lowest BCUT2D eigenvalue weighted by Crippen LogP contribution is -2.11. The molecular formula is C18H19NO4. The second kappa shape index (κ2) is 5.83. The maximum atomic E-state index is 12.3. The zero-order valence-corrected chi connectivity index (χ0v) is 13.6. The first-order valence-electron chi connectivity index (χ1n) is 7.34. The van der Waals surface area contributed by atoms with E-state index in [0.29, 0.717) is 17.1 Å². The molecule has 0 radical (unpaired) electrons. The monoisotopic (exact) mass is 313 g/mol. The molecule has 0 spiro atoms. The number of hydrogen-bond acceptors (Lipinski definition) is 5. The maximum Gasteiger partial charge on any atom is 0.344 e. The number of methoxy groups -OCH3 is 2. The van der Waals surface area contributed by atoms with Crippen molar-refractivity contribution < 1.29 is 19.0 Å². The molecule has 2 aromatic carbocycles. The Hall–Kier alpha value is -2.69. The number of ether oxygens (including phenoxy) is 3. The van der Waals surface area contributed by atoms with E-state index in [2.05, 4.69) is 11.4 Å². The predicted octanol–water partition coefficient (Wildman–Crippen LogP) is 3.60. The van der Waals surface area contributed by atoms with E-state index in [4.69, 9.17) is 14.2 Å². The summed E-state index contributed by atoms with van der Waals surface area (Å²) in [5, 5.41) is 3.27. The van der Waals surface area contributed by atoms with Gasteiger partial charge in [0.2, 0.25) is 6.23 Å². The molecule has 1 aliphatic rings. The first-order valence-corrected chi connectivity index (χ1v) is 7.34. The molecule has 3 rings (SSSR count). The topological polar surface area (TPSA) is 56.8 Å². The molecule has 1 unspecified atom stereocenters. The molecule has 23 heavy (non-hydrogen) atoms. The summed E-state index contributed by atoms with van der Waals surface area (Å²) in [4.78, 5) is 12.3. The first-order chi connectivity index (χ1) is 11.0. The Labute approximate surface area is 135 Å². The summed E-state index contributed by atoms with van der Waals surface area (Å²) in [5.74, 6) is 0.494. The van der Waals surface area contributed by atoms with Crippen LogP contribution in [0.2, 0.25) is 0 Å². The van der Waals surface area contributed by atoms with E-state index in [9.17, 15) is 4.79 Å². The normalized spacial score (nSPS) is 15.8. The van der Waals surface area contributed by atoms with Gasteiger partial charge in [0.05, 0.1) is 14.2 Å². The summed E-state index contributed by atoms with van der Waals surface area (Å²) in [6.45, 7) is 4.06. The standard InChI is InChI=1S/C18H19NO4/c1-10-5-7-13(11(2)9-10)19-17-12-6-8-14(21-3)16(22-4)15(12)18(20)23-17/h5-9,17,19H,1-4H3. The third-order valence-corrected chi connectivity index (χ3v) is 3.96. The van der Waals surface area contributed by atoms with Crippen molar-refractivity contribution >= 4 is 11.7 Å². The van der Waals surface area contributed by atoms with Gasteiger partial charge in [0.1, 0.15) is 5.56 Å². The van der Waals surface area contributed by atoms with Crippen LogP contribution in [0.15, 0.2) is 30.3 Å². The Bertz CT molecular complexity index is 770. The Morgan fingerprint density at radius 2 is 1.87 bits per heavy atom. The van der Waals surface area contributed by atoms with Crippen molar-refractivity contribution in [1.82, 2.24) is 0 Å². The maximum absolute atomic E-state index is 12.3. The number of cyclic esters (lactones) is 1. The molecule has 2 aromatic rings. The quantitative estimate of drug-likeness (QED) is 0.874. The molecule has 5 heteroatoms. The zero-order valence-electron chi connectivity index (χ0n) is 13.6. The fraction of sp³-hybridized carbons (Fsp3) is 0.278. The van der Waals surface area contributed by atoms with Crippen LogP contribution in [0.1, 0.15) is 33.3 Å². The number of aryl methyl sites for hydroxylation is 2. The van der Waals surface area contributed by atoms with Crippen LogP contribution in [0.4, 0.5) is 5.69 Å². The molecule has 0 aliphatic carbocycles. The van der Waals surface area contributed by atoms with Crippen LogP contribution in [0.3, 0.4) is 0 Å². The number of rotatable bonds is 4. The lowest BCUT2D eigenvalue weighted by atomic mass is 10.1. The van der Waals surface area contributed by atoms with Gasteiger partial charge < -0.3 is 19.5 Å². The van der Waals surface area contributed by atoms with Gasteiger partial charge in [-0.05, 0) is 37.6 Å². The number of hydrogen-bond donors (Lipinski definition) is 1. The van der Waals surface area contributed by atoms with Gasteiger partial charge in [0, 0.05) is 11.3 Å². The molecule has 1 N–H and O–H groups in total. The van der Waals surface area contributed by atoms with E-state index in [1.165, 1.54) is 19.8 Å². The fourth-order valence-electron chi connectivity index (χ4n) is 2.82. The van der Waals surface area contributed by atoms with Gasteiger partial charge in [0.15, 0.2) is 11.5 Å². The smallest absolute Gasteiger partial charge is 0.344 e. The Kier molecular flexibility index (Phi) is 3.86. The van der Waals surface area contributed by atoms with E-state index < -0.39 is 12.2 Å². The minimum atomic E-state index is -0.543. The van der Waals surface area contributed by atoms with E-state index in [1.54, 1.807) is 6.07 Å². The summed E-state index contributed by atoms with van der Waals surface area (Å²) in [6, 6.07) is 9.67. The lowest BCUT2D eigenvalue weighted by Gasteiger charge is -2.17. The Balaban J connectivity index is 1.99. The molecule has 1 atom stereocenters. The molecule has 120 valence electrons. The van der Waals surface area contributed by atoms with Crippen molar-refractivity contribution in [2.24, 2.45) is 0 Å².